The molecule has 74 valence electrons. The number of fused-ring (bicyclic) bond motifs is 1. The van der Waals surface area contributed by atoms with Crippen molar-refractivity contribution < 1.29 is 4.42 Å². The Hall–Kier alpha value is -0.950. The zero-order valence-electron chi connectivity index (χ0n) is 8.33. The molecule has 2 aromatic rings. The molecule has 0 bridgehead atoms. The molecule has 1 unspecified atom stereocenters. The summed E-state index contributed by atoms with van der Waals surface area (Å²) < 4.78 is 5.27. The molecule has 0 radical (unpaired) electrons. The summed E-state index contributed by atoms with van der Waals surface area (Å²) in [5.74, 6) is 0.445. The van der Waals surface area contributed by atoms with Crippen LogP contribution < -0.4 is 0 Å². The van der Waals surface area contributed by atoms with Gasteiger partial charge >= 0.3 is 0 Å². The van der Waals surface area contributed by atoms with Crippen LogP contribution >= 0.6 is 11.6 Å². The molecule has 0 aliphatic carbocycles. The predicted octanol–water partition coefficient (Wildman–Crippen LogP) is 4.37. The molecule has 1 nitrogen and oxygen atoms in total. The van der Waals surface area contributed by atoms with Gasteiger partial charge in [-0.3, -0.25) is 0 Å². The highest BCUT2D eigenvalue weighted by atomic mass is 35.5. The number of halogens is 1. The first-order chi connectivity index (χ1) is 6.68. The van der Waals surface area contributed by atoms with E-state index in [-0.39, 0.29) is 5.38 Å². The fraction of sp³-hybridized carbons (Fsp3) is 0.333. The molecule has 0 N–H and O–H groups in total. The molecule has 0 amide bonds. The van der Waals surface area contributed by atoms with Gasteiger partial charge in [0.15, 0.2) is 0 Å². The molecule has 0 saturated carbocycles. The van der Waals surface area contributed by atoms with Crippen molar-refractivity contribution >= 4 is 22.6 Å². The third-order valence-electron chi connectivity index (χ3n) is 2.38. The van der Waals surface area contributed by atoms with E-state index < -0.39 is 0 Å². The molecular weight excluding hydrogens is 196 g/mol. The molecule has 0 spiro atoms. The summed E-state index contributed by atoms with van der Waals surface area (Å²) in [5.41, 5.74) is 2.08. The maximum absolute atomic E-state index is 6.28. The zero-order valence-corrected chi connectivity index (χ0v) is 9.08. The molecule has 1 heterocycles. The van der Waals surface area contributed by atoms with Crippen molar-refractivity contribution in [2.24, 2.45) is 5.92 Å². The topological polar surface area (TPSA) is 13.1 Å². The summed E-state index contributed by atoms with van der Waals surface area (Å²) in [7, 11) is 0. The Morgan fingerprint density at radius 1 is 1.21 bits per heavy atom. The summed E-state index contributed by atoms with van der Waals surface area (Å²) in [4.78, 5) is 0. The Bertz CT molecular complexity index is 431. The van der Waals surface area contributed by atoms with Crippen molar-refractivity contribution in [2.75, 3.05) is 0 Å². The lowest BCUT2D eigenvalue weighted by Gasteiger charge is -2.13. The molecule has 1 aromatic carbocycles. The van der Waals surface area contributed by atoms with E-state index in [0.717, 1.165) is 16.5 Å². The van der Waals surface area contributed by atoms with Crippen LogP contribution in [-0.4, -0.2) is 0 Å². The summed E-state index contributed by atoms with van der Waals surface area (Å²) in [5, 5.41) is 1.20. The first-order valence-corrected chi connectivity index (χ1v) is 5.23. The van der Waals surface area contributed by atoms with Gasteiger partial charge in [-0.15, -0.1) is 11.6 Å². The fourth-order valence-corrected chi connectivity index (χ4v) is 1.68. The van der Waals surface area contributed by atoms with Gasteiger partial charge in [-0.2, -0.15) is 0 Å². The SMILES string of the molecule is CC(C)C(Cl)c1ccc2occc2c1. The second kappa shape index (κ2) is 3.66. The van der Waals surface area contributed by atoms with Crippen LogP contribution in [-0.2, 0) is 0 Å². The Morgan fingerprint density at radius 3 is 2.71 bits per heavy atom. The van der Waals surface area contributed by atoms with E-state index in [1.54, 1.807) is 6.26 Å². The first kappa shape index (κ1) is 9.60. The number of hydrogen-bond donors (Lipinski definition) is 0. The van der Waals surface area contributed by atoms with Crippen LogP contribution in [0, 0.1) is 5.92 Å². The highest BCUT2D eigenvalue weighted by molar-refractivity contribution is 6.21. The first-order valence-electron chi connectivity index (χ1n) is 4.79. The molecule has 0 saturated heterocycles. The highest BCUT2D eigenvalue weighted by Crippen LogP contribution is 2.30. The van der Waals surface area contributed by atoms with Crippen molar-refractivity contribution in [3.63, 3.8) is 0 Å². The maximum Gasteiger partial charge on any atom is 0.133 e. The monoisotopic (exact) mass is 208 g/mol. The molecule has 0 fully saturated rings. The van der Waals surface area contributed by atoms with Crippen LogP contribution in [0.2, 0.25) is 0 Å². The lowest BCUT2D eigenvalue weighted by Crippen LogP contribution is -1.98. The van der Waals surface area contributed by atoms with Crippen LogP contribution in [0.15, 0.2) is 34.9 Å². The lowest BCUT2D eigenvalue weighted by molar-refractivity contribution is 0.613. The summed E-state index contributed by atoms with van der Waals surface area (Å²) >= 11 is 6.28. The lowest BCUT2D eigenvalue weighted by atomic mass is 10.0. The Balaban J connectivity index is 2.43. The van der Waals surface area contributed by atoms with E-state index in [9.17, 15) is 0 Å². The largest absolute Gasteiger partial charge is 0.464 e. The molecule has 0 aliphatic heterocycles. The van der Waals surface area contributed by atoms with Gasteiger partial charge in [-0.25, -0.2) is 0 Å². The third kappa shape index (κ3) is 1.64. The molecule has 2 rings (SSSR count). The van der Waals surface area contributed by atoms with Crippen molar-refractivity contribution in [3.8, 4) is 0 Å². The van der Waals surface area contributed by atoms with Gasteiger partial charge in [0, 0.05) is 5.39 Å². The average Bonchev–Trinajstić information content (AvgIpc) is 2.62. The van der Waals surface area contributed by atoms with E-state index in [1.807, 2.05) is 18.2 Å². The van der Waals surface area contributed by atoms with Gasteiger partial charge in [-0.1, -0.05) is 19.9 Å². The van der Waals surface area contributed by atoms with Crippen LogP contribution in [0.25, 0.3) is 11.0 Å². The molecule has 1 atom stereocenters. The smallest absolute Gasteiger partial charge is 0.133 e. The predicted molar refractivity (Wildman–Crippen MR) is 59.6 cm³/mol. The Kier molecular flexibility index (Phi) is 2.51. The van der Waals surface area contributed by atoms with E-state index >= 15 is 0 Å². The Morgan fingerprint density at radius 2 is 2.00 bits per heavy atom. The number of furan rings is 1. The van der Waals surface area contributed by atoms with Gasteiger partial charge < -0.3 is 4.42 Å². The van der Waals surface area contributed by atoms with E-state index in [4.69, 9.17) is 16.0 Å². The van der Waals surface area contributed by atoms with Gasteiger partial charge in [-0.05, 0) is 29.7 Å². The fourth-order valence-electron chi connectivity index (χ4n) is 1.54. The number of rotatable bonds is 2. The molecule has 0 aliphatic rings. The molecular formula is C12H13ClO. The van der Waals surface area contributed by atoms with Crippen molar-refractivity contribution in [1.82, 2.24) is 0 Å². The van der Waals surface area contributed by atoms with E-state index in [1.165, 1.54) is 0 Å². The second-order valence-corrected chi connectivity index (χ2v) is 4.33. The molecule has 2 heteroatoms. The van der Waals surface area contributed by atoms with Crippen LogP contribution in [0.1, 0.15) is 24.8 Å². The highest BCUT2D eigenvalue weighted by Gasteiger charge is 2.12. The quantitative estimate of drug-likeness (QED) is 0.668. The number of hydrogen-bond acceptors (Lipinski definition) is 1. The van der Waals surface area contributed by atoms with Crippen LogP contribution in [0.4, 0.5) is 0 Å². The van der Waals surface area contributed by atoms with Gasteiger partial charge in [0.1, 0.15) is 5.58 Å². The zero-order chi connectivity index (χ0) is 10.1. The van der Waals surface area contributed by atoms with E-state index in [2.05, 4.69) is 19.9 Å². The minimum Gasteiger partial charge on any atom is -0.464 e. The minimum absolute atomic E-state index is 0.0781. The summed E-state index contributed by atoms with van der Waals surface area (Å²) in [6, 6.07) is 8.06. The summed E-state index contributed by atoms with van der Waals surface area (Å²) in [6.07, 6.45) is 1.70. The third-order valence-corrected chi connectivity index (χ3v) is 3.14. The van der Waals surface area contributed by atoms with Crippen molar-refractivity contribution in [3.05, 3.63) is 36.1 Å². The van der Waals surface area contributed by atoms with Gasteiger partial charge in [0.25, 0.3) is 0 Å². The second-order valence-electron chi connectivity index (χ2n) is 3.86. The number of benzene rings is 1. The van der Waals surface area contributed by atoms with Crippen molar-refractivity contribution in [1.29, 1.82) is 0 Å². The normalized spacial score (nSPS) is 13.7. The minimum atomic E-state index is 0.0781. The maximum atomic E-state index is 6.28. The summed E-state index contributed by atoms with van der Waals surface area (Å²) in [6.45, 7) is 4.24. The van der Waals surface area contributed by atoms with Crippen LogP contribution in [0.5, 0.6) is 0 Å². The van der Waals surface area contributed by atoms with Gasteiger partial charge in [0.2, 0.25) is 0 Å². The van der Waals surface area contributed by atoms with E-state index in [0.29, 0.717) is 5.92 Å². The van der Waals surface area contributed by atoms with Crippen molar-refractivity contribution in [2.45, 2.75) is 19.2 Å². The Labute approximate surface area is 88.7 Å². The molecule has 14 heavy (non-hydrogen) atoms. The average molecular weight is 209 g/mol. The standard InChI is InChI=1S/C12H13ClO/c1-8(2)12(13)10-3-4-11-9(7-10)5-6-14-11/h3-8,12H,1-2H3. The number of alkyl halides is 1. The molecule has 1 aromatic heterocycles. The van der Waals surface area contributed by atoms with Gasteiger partial charge in [0.05, 0.1) is 11.6 Å². The van der Waals surface area contributed by atoms with Crippen LogP contribution in [0.3, 0.4) is 0 Å².